The van der Waals surface area contributed by atoms with E-state index in [-0.39, 0.29) is 39.5 Å². The van der Waals surface area contributed by atoms with Crippen LogP contribution in [0.15, 0.2) is 40.5 Å². The molecule has 1 aromatic carbocycles. The summed E-state index contributed by atoms with van der Waals surface area (Å²) in [6, 6.07) is 2.75. The van der Waals surface area contributed by atoms with Crippen molar-refractivity contribution >= 4 is 56.6 Å². The molecule has 0 saturated carbocycles. The zero-order chi connectivity index (χ0) is 17.5. The number of esters is 1. The van der Waals surface area contributed by atoms with E-state index in [4.69, 9.17) is 39.5 Å². The van der Waals surface area contributed by atoms with Gasteiger partial charge in [-0.05, 0) is 24.3 Å². The van der Waals surface area contributed by atoms with Crippen molar-refractivity contribution in [2.24, 2.45) is 4.40 Å². The quantitative estimate of drug-likeness (QED) is 0.556. The number of carbonyl (C=O) groups excluding carboxylic acids is 1. The molecule has 0 bridgehead atoms. The van der Waals surface area contributed by atoms with E-state index in [1.165, 1.54) is 18.2 Å². The maximum Gasteiger partial charge on any atom is 0.347 e. The lowest BCUT2D eigenvalue weighted by atomic mass is 10.1. The Kier molecular flexibility index (Phi) is 4.61. The fourth-order valence-electron chi connectivity index (χ4n) is 2.15. The molecule has 6 nitrogen and oxygen atoms in total. The minimum atomic E-state index is -3.62. The van der Waals surface area contributed by atoms with Crippen LogP contribution in [0.25, 0.3) is 0 Å². The molecule has 0 radical (unpaired) electrons. The Balaban J connectivity index is 1.94. The van der Waals surface area contributed by atoms with Gasteiger partial charge >= 0.3 is 5.97 Å². The number of sulfonamides is 1. The normalized spacial score (nSPS) is 18.5. The summed E-state index contributed by atoms with van der Waals surface area (Å²) in [6.07, 6.45) is 4.64. The van der Waals surface area contributed by atoms with E-state index in [0.717, 1.165) is 0 Å². The fourth-order valence-corrected chi connectivity index (χ4v) is 4.03. The number of hydrogen-bond donors (Lipinski definition) is 0. The molecule has 0 atom stereocenters. The van der Waals surface area contributed by atoms with Gasteiger partial charge in [0.2, 0.25) is 0 Å². The Morgan fingerprint density at radius 2 is 1.88 bits per heavy atom. The first-order valence-electron chi connectivity index (χ1n) is 6.62. The van der Waals surface area contributed by atoms with Crippen molar-refractivity contribution in [1.29, 1.82) is 0 Å². The van der Waals surface area contributed by atoms with Gasteiger partial charge in [-0.15, -0.1) is 4.40 Å². The number of benzene rings is 1. The summed E-state index contributed by atoms with van der Waals surface area (Å²) >= 11 is 17.8. The second-order valence-corrected chi connectivity index (χ2v) is 7.91. The lowest BCUT2D eigenvalue weighted by Crippen LogP contribution is -2.40. The predicted octanol–water partition coefficient (Wildman–Crippen LogP) is 3.05. The van der Waals surface area contributed by atoms with Crippen LogP contribution in [0.4, 0.5) is 0 Å². The highest BCUT2D eigenvalue weighted by molar-refractivity contribution is 7.90. The third-order valence-corrected chi connectivity index (χ3v) is 5.16. The van der Waals surface area contributed by atoms with E-state index in [1.807, 2.05) is 0 Å². The van der Waals surface area contributed by atoms with Crippen LogP contribution in [-0.2, 0) is 14.8 Å². The lowest BCUT2D eigenvalue weighted by Gasteiger charge is -2.28. The van der Waals surface area contributed by atoms with Gasteiger partial charge in [0.15, 0.2) is 11.6 Å². The van der Waals surface area contributed by atoms with Gasteiger partial charge in [0.25, 0.3) is 10.0 Å². The smallest absolute Gasteiger partial charge is 0.347 e. The van der Waals surface area contributed by atoms with Gasteiger partial charge < -0.3 is 9.64 Å². The predicted molar refractivity (Wildman–Crippen MR) is 92.3 cm³/mol. The van der Waals surface area contributed by atoms with Crippen LogP contribution in [0, 0.1) is 0 Å². The van der Waals surface area contributed by atoms with Crippen LogP contribution >= 0.6 is 34.8 Å². The second kappa shape index (κ2) is 6.40. The van der Waals surface area contributed by atoms with E-state index in [1.54, 1.807) is 17.2 Å². The van der Waals surface area contributed by atoms with Crippen LogP contribution < -0.4 is 4.74 Å². The second-order valence-electron chi connectivity index (χ2n) is 4.90. The van der Waals surface area contributed by atoms with Crippen molar-refractivity contribution < 1.29 is 17.9 Å². The molecule has 0 N–H and O–H groups in total. The summed E-state index contributed by atoms with van der Waals surface area (Å²) < 4.78 is 32.3. The van der Waals surface area contributed by atoms with Gasteiger partial charge in [-0.3, -0.25) is 0 Å². The molecule has 0 fully saturated rings. The molecule has 0 saturated heterocycles. The Bertz CT molecular complexity index is 899. The SMILES string of the molecule is O=C(Oc1c(Cl)cc(Cl)cc1Cl)C1=CC=CN2CCS(=O)(=O)N=C12. The van der Waals surface area contributed by atoms with E-state index in [2.05, 4.69) is 4.40 Å². The number of nitrogens with zero attached hydrogens (tertiary/aromatic N) is 2. The first-order valence-corrected chi connectivity index (χ1v) is 9.36. The molecule has 126 valence electrons. The largest absolute Gasteiger partial charge is 0.420 e. The van der Waals surface area contributed by atoms with Gasteiger partial charge in [-0.2, -0.15) is 0 Å². The fraction of sp³-hybridized carbons (Fsp3) is 0.143. The van der Waals surface area contributed by atoms with Crippen LogP contribution in [0.5, 0.6) is 5.75 Å². The molecular formula is C14H9Cl3N2O4S. The van der Waals surface area contributed by atoms with Gasteiger partial charge in [0.1, 0.15) is 5.57 Å². The highest BCUT2D eigenvalue weighted by atomic mass is 35.5. The van der Waals surface area contributed by atoms with Gasteiger partial charge in [-0.1, -0.05) is 34.8 Å². The Labute approximate surface area is 153 Å². The molecule has 2 heterocycles. The minimum absolute atomic E-state index is 0.00922. The van der Waals surface area contributed by atoms with E-state index in [9.17, 15) is 13.2 Å². The molecular weight excluding hydrogens is 399 g/mol. The van der Waals surface area contributed by atoms with E-state index >= 15 is 0 Å². The van der Waals surface area contributed by atoms with Crippen LogP contribution in [0.1, 0.15) is 0 Å². The van der Waals surface area contributed by atoms with Crippen LogP contribution in [0.3, 0.4) is 0 Å². The number of halogens is 3. The van der Waals surface area contributed by atoms with E-state index < -0.39 is 16.0 Å². The maximum atomic E-state index is 12.4. The third-order valence-electron chi connectivity index (χ3n) is 3.24. The molecule has 0 unspecified atom stereocenters. The van der Waals surface area contributed by atoms with E-state index in [0.29, 0.717) is 5.02 Å². The molecule has 24 heavy (non-hydrogen) atoms. The maximum absolute atomic E-state index is 12.4. The Morgan fingerprint density at radius 1 is 1.21 bits per heavy atom. The number of rotatable bonds is 2. The molecule has 1 aromatic rings. The van der Waals surface area contributed by atoms with Crippen molar-refractivity contribution in [2.45, 2.75) is 0 Å². The first kappa shape index (κ1) is 17.3. The highest BCUT2D eigenvalue weighted by Crippen LogP contribution is 2.36. The zero-order valence-electron chi connectivity index (χ0n) is 11.9. The van der Waals surface area contributed by atoms with Crippen molar-refractivity contribution in [3.05, 3.63) is 51.1 Å². The number of amidine groups is 1. The summed E-state index contributed by atoms with van der Waals surface area (Å²) in [6.45, 7) is 0.199. The molecule has 2 aliphatic heterocycles. The van der Waals surface area contributed by atoms with Crippen molar-refractivity contribution in [3.8, 4) is 5.75 Å². The molecule has 0 aliphatic carbocycles. The van der Waals surface area contributed by atoms with Crippen molar-refractivity contribution in [3.63, 3.8) is 0 Å². The average Bonchev–Trinajstić information content (AvgIpc) is 2.49. The first-order chi connectivity index (χ1) is 11.3. The van der Waals surface area contributed by atoms with Crippen molar-refractivity contribution in [1.82, 2.24) is 4.90 Å². The molecule has 0 aromatic heterocycles. The molecule has 2 aliphatic rings. The van der Waals surface area contributed by atoms with Crippen molar-refractivity contribution in [2.75, 3.05) is 12.3 Å². The molecule has 10 heteroatoms. The topological polar surface area (TPSA) is 76.0 Å². The van der Waals surface area contributed by atoms with Gasteiger partial charge in [0, 0.05) is 17.8 Å². The van der Waals surface area contributed by atoms with Gasteiger partial charge in [-0.25, -0.2) is 13.2 Å². The number of ether oxygens (including phenoxy) is 1. The standard InChI is InChI=1S/C14H9Cl3N2O4S/c15-8-6-10(16)12(11(17)7-8)23-14(20)9-2-1-3-19-4-5-24(21,22)18-13(9)19/h1-3,6-7H,4-5H2. The Morgan fingerprint density at radius 3 is 2.54 bits per heavy atom. The molecule has 3 rings (SSSR count). The number of carbonyl (C=O) groups is 1. The summed E-state index contributed by atoms with van der Waals surface area (Å²) in [4.78, 5) is 14.0. The number of hydrogen-bond acceptors (Lipinski definition) is 5. The zero-order valence-corrected chi connectivity index (χ0v) is 15.0. The lowest BCUT2D eigenvalue weighted by molar-refractivity contribution is -0.129. The van der Waals surface area contributed by atoms with Crippen LogP contribution in [0.2, 0.25) is 15.1 Å². The van der Waals surface area contributed by atoms with Crippen LogP contribution in [-0.4, -0.2) is 37.4 Å². The minimum Gasteiger partial charge on any atom is -0.420 e. The van der Waals surface area contributed by atoms with Gasteiger partial charge in [0.05, 0.1) is 15.8 Å². The average molecular weight is 408 g/mol. The highest BCUT2D eigenvalue weighted by Gasteiger charge is 2.31. The summed E-state index contributed by atoms with van der Waals surface area (Å²) in [7, 11) is -3.62. The summed E-state index contributed by atoms with van der Waals surface area (Å²) in [5.41, 5.74) is -0.0112. The molecule has 0 amide bonds. The molecule has 0 spiro atoms. The number of fused-ring (bicyclic) bond motifs is 1. The summed E-state index contributed by atoms with van der Waals surface area (Å²) in [5, 5.41) is 0.407. The third kappa shape index (κ3) is 3.44. The summed E-state index contributed by atoms with van der Waals surface area (Å²) in [5.74, 6) is -1.01. The monoisotopic (exact) mass is 406 g/mol. The number of allylic oxidation sites excluding steroid dienone is 2. The Hall–Kier alpha value is -1.54.